The fourth-order valence-electron chi connectivity index (χ4n) is 1.74. The number of nitrogen functional groups attached to an aromatic ring is 1. The van der Waals surface area contributed by atoms with Crippen molar-refractivity contribution in [2.45, 2.75) is 12.2 Å². The maximum Gasteiger partial charge on any atom is 0.215 e. The van der Waals surface area contributed by atoms with E-state index in [2.05, 4.69) is 20.7 Å². The molecule has 0 aliphatic rings. The summed E-state index contributed by atoms with van der Waals surface area (Å²) in [6, 6.07) is 10.9. The molecule has 1 aromatic heterocycles. The Balaban J connectivity index is 1.90. The number of para-hydroxylation sites is 1. The number of anilines is 1. The summed E-state index contributed by atoms with van der Waals surface area (Å²) in [6.45, 7) is 0.391. The molecule has 2 rings (SSSR count). The molecule has 0 unspecified atom stereocenters. The normalized spacial score (nSPS) is 11.7. The van der Waals surface area contributed by atoms with Gasteiger partial charge in [-0.1, -0.05) is 18.2 Å². The first kappa shape index (κ1) is 15.5. The van der Waals surface area contributed by atoms with Crippen molar-refractivity contribution in [1.29, 1.82) is 0 Å². The van der Waals surface area contributed by atoms with Gasteiger partial charge in [-0.15, -0.1) is 11.3 Å². The summed E-state index contributed by atoms with van der Waals surface area (Å²) < 4.78 is 27.6. The highest BCUT2D eigenvalue weighted by Crippen LogP contribution is 2.22. The van der Waals surface area contributed by atoms with Crippen molar-refractivity contribution >= 4 is 43.0 Å². The van der Waals surface area contributed by atoms with Gasteiger partial charge in [0.05, 0.1) is 9.54 Å². The lowest BCUT2D eigenvalue weighted by molar-refractivity contribution is 0.581. The largest absolute Gasteiger partial charge is 0.398 e. The molecule has 0 saturated carbocycles. The van der Waals surface area contributed by atoms with Gasteiger partial charge in [0.2, 0.25) is 10.0 Å². The average molecular weight is 375 g/mol. The molecule has 3 N–H and O–H groups in total. The third kappa shape index (κ3) is 4.59. The van der Waals surface area contributed by atoms with Crippen molar-refractivity contribution in [1.82, 2.24) is 4.72 Å². The lowest BCUT2D eigenvalue weighted by Crippen LogP contribution is -2.27. The van der Waals surface area contributed by atoms with Crippen LogP contribution in [0.4, 0.5) is 5.69 Å². The van der Waals surface area contributed by atoms with E-state index in [4.69, 9.17) is 5.73 Å². The predicted octanol–water partition coefficient (Wildman–Crippen LogP) is 2.75. The number of sulfonamides is 1. The van der Waals surface area contributed by atoms with Crippen LogP contribution in [0.5, 0.6) is 0 Å². The number of hydrogen-bond donors (Lipinski definition) is 2. The second kappa shape index (κ2) is 6.71. The van der Waals surface area contributed by atoms with Gasteiger partial charge < -0.3 is 5.73 Å². The summed E-state index contributed by atoms with van der Waals surface area (Å²) in [5, 5.41) is 0. The predicted molar refractivity (Wildman–Crippen MR) is 87.2 cm³/mol. The summed E-state index contributed by atoms with van der Waals surface area (Å²) in [5.74, 6) is -0.0895. The monoisotopic (exact) mass is 374 g/mol. The van der Waals surface area contributed by atoms with Gasteiger partial charge in [-0.2, -0.15) is 0 Å². The van der Waals surface area contributed by atoms with Gasteiger partial charge in [0.25, 0.3) is 0 Å². The zero-order chi connectivity index (χ0) is 14.6. The van der Waals surface area contributed by atoms with E-state index in [0.717, 1.165) is 8.66 Å². The van der Waals surface area contributed by atoms with Crippen LogP contribution in [0.1, 0.15) is 10.4 Å². The molecule has 2 aromatic rings. The van der Waals surface area contributed by atoms with E-state index in [1.165, 1.54) is 0 Å². The van der Waals surface area contributed by atoms with Crippen LogP contribution in [0.2, 0.25) is 0 Å². The van der Waals surface area contributed by atoms with Gasteiger partial charge in [0.15, 0.2) is 0 Å². The molecule has 108 valence electrons. The van der Waals surface area contributed by atoms with Crippen LogP contribution < -0.4 is 10.5 Å². The highest BCUT2D eigenvalue weighted by atomic mass is 79.9. The van der Waals surface area contributed by atoms with E-state index in [1.54, 1.807) is 35.6 Å². The van der Waals surface area contributed by atoms with E-state index < -0.39 is 10.0 Å². The van der Waals surface area contributed by atoms with E-state index in [-0.39, 0.29) is 5.75 Å². The van der Waals surface area contributed by atoms with Crippen LogP contribution in [0.25, 0.3) is 0 Å². The maximum atomic E-state index is 12.0. The Morgan fingerprint density at radius 2 is 1.95 bits per heavy atom. The second-order valence-corrected chi connectivity index (χ2v) is 8.66. The van der Waals surface area contributed by atoms with Crippen LogP contribution in [0.3, 0.4) is 0 Å². The minimum absolute atomic E-state index is 0.0895. The molecule has 0 saturated heterocycles. The molecular weight excluding hydrogens is 360 g/mol. The van der Waals surface area contributed by atoms with Gasteiger partial charge in [-0.05, 0) is 46.1 Å². The number of hydrogen-bond acceptors (Lipinski definition) is 4. The van der Waals surface area contributed by atoms with E-state index in [0.29, 0.717) is 24.2 Å². The standard InChI is InChI=1S/C13H15BrN2O2S2/c14-13-6-5-11(19-13)7-8-16-20(17,18)9-10-3-1-2-4-12(10)15/h1-6,16H,7-9,15H2. The number of nitrogens with one attached hydrogen (secondary N) is 1. The molecule has 0 fully saturated rings. The molecule has 4 nitrogen and oxygen atoms in total. The topological polar surface area (TPSA) is 72.2 Å². The minimum atomic E-state index is -3.36. The molecule has 1 aromatic carbocycles. The Bertz CT molecular complexity index is 683. The summed E-state index contributed by atoms with van der Waals surface area (Å²) in [4.78, 5) is 1.14. The number of nitrogens with two attached hydrogens (primary N) is 1. The first-order chi connectivity index (χ1) is 9.46. The number of benzene rings is 1. The summed E-state index contributed by atoms with van der Waals surface area (Å²) in [6.07, 6.45) is 0.680. The molecule has 0 atom stereocenters. The Morgan fingerprint density at radius 1 is 1.20 bits per heavy atom. The van der Waals surface area contributed by atoms with E-state index in [9.17, 15) is 8.42 Å². The van der Waals surface area contributed by atoms with Crippen molar-refractivity contribution in [2.24, 2.45) is 0 Å². The molecule has 0 radical (unpaired) electrons. The number of thiophene rings is 1. The Morgan fingerprint density at radius 3 is 2.60 bits per heavy atom. The lowest BCUT2D eigenvalue weighted by atomic mass is 10.2. The van der Waals surface area contributed by atoms with Gasteiger partial charge in [0, 0.05) is 17.1 Å². The quantitative estimate of drug-likeness (QED) is 0.763. The number of halogens is 1. The molecule has 7 heteroatoms. The van der Waals surface area contributed by atoms with E-state index in [1.807, 2.05) is 12.1 Å². The molecule has 0 bridgehead atoms. The third-order valence-electron chi connectivity index (χ3n) is 2.72. The van der Waals surface area contributed by atoms with Gasteiger partial charge in [-0.25, -0.2) is 13.1 Å². The lowest BCUT2D eigenvalue weighted by Gasteiger charge is -2.08. The van der Waals surface area contributed by atoms with Crippen molar-refractivity contribution < 1.29 is 8.42 Å². The van der Waals surface area contributed by atoms with Crippen molar-refractivity contribution in [3.05, 3.63) is 50.6 Å². The summed E-state index contributed by atoms with van der Waals surface area (Å²) in [5.41, 5.74) is 6.88. The Labute approximate surface area is 131 Å². The maximum absolute atomic E-state index is 12.0. The van der Waals surface area contributed by atoms with Gasteiger partial charge in [0.1, 0.15) is 0 Å². The van der Waals surface area contributed by atoms with E-state index >= 15 is 0 Å². The highest BCUT2D eigenvalue weighted by Gasteiger charge is 2.12. The van der Waals surface area contributed by atoms with Gasteiger partial charge >= 0.3 is 0 Å². The average Bonchev–Trinajstić information content (AvgIpc) is 2.77. The van der Waals surface area contributed by atoms with Crippen molar-refractivity contribution in [2.75, 3.05) is 12.3 Å². The first-order valence-electron chi connectivity index (χ1n) is 6.01. The second-order valence-electron chi connectivity index (χ2n) is 4.31. The first-order valence-corrected chi connectivity index (χ1v) is 9.27. The van der Waals surface area contributed by atoms with Crippen LogP contribution in [-0.4, -0.2) is 15.0 Å². The van der Waals surface area contributed by atoms with Crippen LogP contribution in [0.15, 0.2) is 40.2 Å². The zero-order valence-electron chi connectivity index (χ0n) is 10.7. The molecule has 0 aliphatic heterocycles. The van der Waals surface area contributed by atoms with Crippen LogP contribution in [-0.2, 0) is 22.2 Å². The molecular formula is C13H15BrN2O2S2. The molecule has 0 spiro atoms. The SMILES string of the molecule is Nc1ccccc1CS(=O)(=O)NCCc1ccc(Br)s1. The van der Waals surface area contributed by atoms with Crippen molar-refractivity contribution in [3.8, 4) is 0 Å². The van der Waals surface area contributed by atoms with Crippen LogP contribution in [0, 0.1) is 0 Å². The molecule has 20 heavy (non-hydrogen) atoms. The summed E-state index contributed by atoms with van der Waals surface area (Å²) in [7, 11) is -3.36. The zero-order valence-corrected chi connectivity index (χ0v) is 13.9. The molecule has 0 aliphatic carbocycles. The van der Waals surface area contributed by atoms with Crippen molar-refractivity contribution in [3.63, 3.8) is 0 Å². The summed E-state index contributed by atoms with van der Waals surface area (Å²) >= 11 is 4.99. The smallest absolute Gasteiger partial charge is 0.215 e. The fourth-order valence-corrected chi connectivity index (χ4v) is 4.41. The Kier molecular flexibility index (Phi) is 5.20. The van der Waals surface area contributed by atoms with Gasteiger partial charge in [-0.3, -0.25) is 0 Å². The highest BCUT2D eigenvalue weighted by molar-refractivity contribution is 9.11. The molecule has 1 heterocycles. The fraction of sp³-hybridized carbons (Fsp3) is 0.231. The number of rotatable bonds is 6. The minimum Gasteiger partial charge on any atom is -0.398 e. The third-order valence-corrected chi connectivity index (χ3v) is 5.74. The van der Waals surface area contributed by atoms with Crippen LogP contribution >= 0.6 is 27.3 Å². The Hall–Kier alpha value is -0.890. The molecule has 0 amide bonds.